The maximum Gasteiger partial charge on any atom is 0.416 e. The predicted octanol–water partition coefficient (Wildman–Crippen LogP) is 3.00. The molecule has 0 saturated carbocycles. The molecule has 2 heterocycles. The average molecular weight is 297 g/mol. The van der Waals surface area contributed by atoms with Crippen LogP contribution in [0.25, 0.3) is 0 Å². The van der Waals surface area contributed by atoms with Gasteiger partial charge in [0.2, 0.25) is 5.89 Å². The number of likely N-dealkylation sites (tertiary alicyclic amines) is 1. The Kier molecular flexibility index (Phi) is 3.44. The first-order chi connectivity index (χ1) is 9.91. The van der Waals surface area contributed by atoms with E-state index < -0.39 is 11.7 Å². The highest BCUT2D eigenvalue weighted by molar-refractivity contribution is 5.25. The fourth-order valence-electron chi connectivity index (χ4n) is 2.39. The number of aryl methyl sites for hydroxylation is 1. The van der Waals surface area contributed by atoms with Gasteiger partial charge >= 0.3 is 6.18 Å². The normalized spacial score (nSPS) is 17.0. The summed E-state index contributed by atoms with van der Waals surface area (Å²) in [6, 6.07) is 5.28. The van der Waals surface area contributed by atoms with E-state index in [1.54, 1.807) is 6.92 Å². The topological polar surface area (TPSA) is 42.2 Å². The van der Waals surface area contributed by atoms with Crippen molar-refractivity contribution in [3.63, 3.8) is 0 Å². The van der Waals surface area contributed by atoms with Crippen LogP contribution in [0.4, 0.5) is 13.2 Å². The first-order valence-corrected chi connectivity index (χ1v) is 6.60. The van der Waals surface area contributed by atoms with E-state index in [1.165, 1.54) is 12.1 Å². The second-order valence-electron chi connectivity index (χ2n) is 5.27. The van der Waals surface area contributed by atoms with Crippen molar-refractivity contribution < 1.29 is 17.7 Å². The van der Waals surface area contributed by atoms with Gasteiger partial charge < -0.3 is 4.52 Å². The lowest BCUT2D eigenvalue weighted by atomic mass is 9.99. The molecule has 0 bridgehead atoms. The minimum absolute atomic E-state index is 0.223. The Morgan fingerprint density at radius 1 is 1.24 bits per heavy atom. The van der Waals surface area contributed by atoms with Crippen molar-refractivity contribution in [1.82, 2.24) is 15.0 Å². The molecule has 1 aromatic carbocycles. The summed E-state index contributed by atoms with van der Waals surface area (Å²) in [5, 5.41) is 3.75. The summed E-state index contributed by atoms with van der Waals surface area (Å²) >= 11 is 0. The van der Waals surface area contributed by atoms with E-state index in [-0.39, 0.29) is 5.92 Å². The third-order valence-corrected chi connectivity index (χ3v) is 3.54. The molecular weight excluding hydrogens is 283 g/mol. The van der Waals surface area contributed by atoms with E-state index in [0.29, 0.717) is 18.3 Å². The van der Waals surface area contributed by atoms with Crippen LogP contribution in [0, 0.1) is 6.92 Å². The van der Waals surface area contributed by atoms with Crippen molar-refractivity contribution in [2.75, 3.05) is 13.1 Å². The fourth-order valence-corrected chi connectivity index (χ4v) is 2.39. The summed E-state index contributed by atoms with van der Waals surface area (Å²) in [4.78, 5) is 6.32. The quantitative estimate of drug-likeness (QED) is 0.873. The van der Waals surface area contributed by atoms with Crippen molar-refractivity contribution in [3.05, 3.63) is 47.1 Å². The van der Waals surface area contributed by atoms with Crippen LogP contribution in [0.15, 0.2) is 28.8 Å². The molecule has 0 amide bonds. The van der Waals surface area contributed by atoms with Gasteiger partial charge in [0.15, 0.2) is 5.82 Å². The number of alkyl halides is 3. The van der Waals surface area contributed by atoms with Crippen molar-refractivity contribution in [2.24, 2.45) is 0 Å². The Balaban J connectivity index is 1.55. The summed E-state index contributed by atoms with van der Waals surface area (Å²) in [7, 11) is 0. The zero-order valence-electron chi connectivity index (χ0n) is 11.4. The van der Waals surface area contributed by atoms with E-state index in [1.807, 2.05) is 0 Å². The second-order valence-corrected chi connectivity index (χ2v) is 5.27. The minimum Gasteiger partial charge on any atom is -0.339 e. The lowest BCUT2D eigenvalue weighted by Crippen LogP contribution is -2.44. The molecule has 112 valence electrons. The van der Waals surface area contributed by atoms with Crippen LogP contribution < -0.4 is 0 Å². The molecule has 1 saturated heterocycles. The highest BCUT2D eigenvalue weighted by Gasteiger charge is 2.33. The van der Waals surface area contributed by atoms with Gasteiger partial charge in [-0.05, 0) is 24.6 Å². The number of halogens is 3. The van der Waals surface area contributed by atoms with Gasteiger partial charge in [-0.1, -0.05) is 17.3 Å². The van der Waals surface area contributed by atoms with Crippen LogP contribution in [0.1, 0.15) is 28.8 Å². The third-order valence-electron chi connectivity index (χ3n) is 3.54. The van der Waals surface area contributed by atoms with Gasteiger partial charge in [-0.15, -0.1) is 0 Å². The Bertz CT molecular complexity index is 615. The van der Waals surface area contributed by atoms with Crippen LogP contribution in [-0.4, -0.2) is 28.1 Å². The molecule has 3 rings (SSSR count). The molecule has 7 heteroatoms. The van der Waals surface area contributed by atoms with Crippen molar-refractivity contribution in [3.8, 4) is 0 Å². The molecule has 21 heavy (non-hydrogen) atoms. The highest BCUT2D eigenvalue weighted by atomic mass is 19.4. The number of nitrogens with zero attached hydrogens (tertiary/aromatic N) is 3. The Morgan fingerprint density at radius 2 is 1.90 bits per heavy atom. The minimum atomic E-state index is -4.28. The van der Waals surface area contributed by atoms with E-state index >= 15 is 0 Å². The van der Waals surface area contributed by atoms with Crippen LogP contribution in [0.2, 0.25) is 0 Å². The summed E-state index contributed by atoms with van der Waals surface area (Å²) in [6.07, 6.45) is -4.28. The van der Waals surface area contributed by atoms with Gasteiger partial charge in [0.25, 0.3) is 0 Å². The molecule has 1 aliphatic heterocycles. The van der Waals surface area contributed by atoms with Crippen molar-refractivity contribution in [2.45, 2.75) is 25.6 Å². The lowest BCUT2D eigenvalue weighted by Gasteiger charge is -2.37. The average Bonchev–Trinajstić information content (AvgIpc) is 2.79. The zero-order valence-corrected chi connectivity index (χ0v) is 11.4. The Labute approximate surface area is 119 Å². The summed E-state index contributed by atoms with van der Waals surface area (Å²) in [5.41, 5.74) is 0.247. The molecule has 1 aliphatic rings. The monoisotopic (exact) mass is 297 g/mol. The van der Waals surface area contributed by atoms with E-state index in [0.717, 1.165) is 30.8 Å². The largest absolute Gasteiger partial charge is 0.416 e. The van der Waals surface area contributed by atoms with Gasteiger partial charge in [-0.2, -0.15) is 18.2 Å². The number of benzene rings is 1. The maximum absolute atomic E-state index is 12.5. The van der Waals surface area contributed by atoms with Crippen LogP contribution in [0.3, 0.4) is 0 Å². The molecule has 1 fully saturated rings. The van der Waals surface area contributed by atoms with Crippen molar-refractivity contribution >= 4 is 0 Å². The molecule has 0 atom stereocenters. The Hall–Kier alpha value is -1.89. The molecular formula is C14H14F3N3O. The maximum atomic E-state index is 12.5. The molecule has 0 aliphatic carbocycles. The second kappa shape index (κ2) is 5.14. The Morgan fingerprint density at radius 3 is 2.43 bits per heavy atom. The van der Waals surface area contributed by atoms with E-state index in [4.69, 9.17) is 4.52 Å². The van der Waals surface area contributed by atoms with Gasteiger partial charge in [0.05, 0.1) is 11.5 Å². The lowest BCUT2D eigenvalue weighted by molar-refractivity contribution is -0.137. The zero-order chi connectivity index (χ0) is 15.0. The first-order valence-electron chi connectivity index (χ1n) is 6.60. The molecule has 1 aromatic heterocycles. The highest BCUT2D eigenvalue weighted by Crippen LogP contribution is 2.30. The molecule has 2 aromatic rings. The van der Waals surface area contributed by atoms with Crippen molar-refractivity contribution in [1.29, 1.82) is 0 Å². The summed E-state index contributed by atoms with van der Waals surface area (Å²) in [6.45, 7) is 3.96. The molecule has 4 nitrogen and oxygen atoms in total. The summed E-state index contributed by atoms with van der Waals surface area (Å²) in [5.74, 6) is 1.48. The van der Waals surface area contributed by atoms with E-state index in [9.17, 15) is 13.2 Å². The summed E-state index contributed by atoms with van der Waals surface area (Å²) < 4.78 is 42.5. The molecule has 0 radical (unpaired) electrons. The van der Waals surface area contributed by atoms with Crippen LogP contribution in [-0.2, 0) is 12.7 Å². The van der Waals surface area contributed by atoms with Crippen LogP contribution >= 0.6 is 0 Å². The number of hydrogen-bond donors (Lipinski definition) is 0. The van der Waals surface area contributed by atoms with Crippen LogP contribution in [0.5, 0.6) is 0 Å². The SMILES string of the molecule is Cc1noc(C2CN(Cc3ccc(C(F)(F)F)cc3)C2)n1. The smallest absolute Gasteiger partial charge is 0.339 e. The first kappa shape index (κ1) is 14.1. The number of rotatable bonds is 3. The molecule has 0 unspecified atom stereocenters. The molecule has 0 N–H and O–H groups in total. The standard InChI is InChI=1S/C14H14F3N3O/c1-9-18-13(21-19-9)11-7-20(8-11)6-10-2-4-12(5-3-10)14(15,16)17/h2-5,11H,6-8H2,1H3. The molecule has 0 spiro atoms. The van der Waals surface area contributed by atoms with Gasteiger partial charge in [-0.25, -0.2) is 0 Å². The van der Waals surface area contributed by atoms with E-state index in [2.05, 4.69) is 15.0 Å². The van der Waals surface area contributed by atoms with Gasteiger partial charge in [0, 0.05) is 19.6 Å². The van der Waals surface area contributed by atoms with Gasteiger partial charge in [-0.3, -0.25) is 4.90 Å². The fraction of sp³-hybridized carbons (Fsp3) is 0.429. The third kappa shape index (κ3) is 3.07. The number of aromatic nitrogens is 2. The number of hydrogen-bond acceptors (Lipinski definition) is 4. The predicted molar refractivity (Wildman–Crippen MR) is 68.5 cm³/mol. The van der Waals surface area contributed by atoms with Gasteiger partial charge in [0.1, 0.15) is 0 Å².